The van der Waals surface area contributed by atoms with E-state index in [1.165, 1.54) is 0 Å². The van der Waals surface area contributed by atoms with Crippen LogP contribution in [0.1, 0.15) is 35.7 Å². The van der Waals surface area contributed by atoms with Gasteiger partial charge >= 0.3 is 5.97 Å². The van der Waals surface area contributed by atoms with Gasteiger partial charge in [-0.2, -0.15) is 0 Å². The highest BCUT2D eigenvalue weighted by molar-refractivity contribution is 7.80. The van der Waals surface area contributed by atoms with Crippen LogP contribution in [0.25, 0.3) is 0 Å². The van der Waals surface area contributed by atoms with Crippen LogP contribution in [0.15, 0.2) is 24.3 Å². The Morgan fingerprint density at radius 1 is 1.09 bits per heavy atom. The molecule has 0 heterocycles. The van der Waals surface area contributed by atoms with Crippen LogP contribution in [0.2, 0.25) is 0 Å². The Hall–Kier alpha value is -2.48. The maximum atomic E-state index is 11.8. The van der Waals surface area contributed by atoms with Crippen molar-refractivity contribution in [1.29, 1.82) is 0 Å². The molecule has 0 aliphatic heterocycles. The lowest BCUT2D eigenvalue weighted by atomic mass is 10.1. The smallest absolute Gasteiger partial charge is 0.306 e. The normalized spacial score (nSPS) is 9.65. The van der Waals surface area contributed by atoms with E-state index in [0.717, 1.165) is 5.56 Å². The van der Waals surface area contributed by atoms with Crippen LogP contribution >= 0.6 is 12.2 Å². The average molecular weight is 337 g/mol. The maximum Gasteiger partial charge on any atom is 0.306 e. The summed E-state index contributed by atoms with van der Waals surface area (Å²) in [5, 5.41) is 2.30. The summed E-state index contributed by atoms with van der Waals surface area (Å²) in [5.74, 6) is -1.28. The molecule has 0 spiro atoms. The first-order valence-corrected chi connectivity index (χ1v) is 7.45. The van der Waals surface area contributed by atoms with E-state index < -0.39 is 11.9 Å². The molecule has 0 radical (unpaired) electrons. The lowest BCUT2D eigenvalue weighted by Gasteiger charge is -2.10. The number of hydrogen-bond donors (Lipinski definition) is 3. The molecule has 0 bridgehead atoms. The minimum absolute atomic E-state index is 0.0297. The van der Waals surface area contributed by atoms with Gasteiger partial charge in [0.2, 0.25) is 5.91 Å². The van der Waals surface area contributed by atoms with E-state index in [1.54, 1.807) is 19.1 Å². The number of benzene rings is 1. The topological polar surface area (TPSA) is 96.5 Å². The van der Waals surface area contributed by atoms with E-state index in [2.05, 4.69) is 16.2 Å². The summed E-state index contributed by atoms with van der Waals surface area (Å²) in [6.45, 7) is 3.88. The second-order valence-electron chi connectivity index (χ2n) is 4.63. The van der Waals surface area contributed by atoms with E-state index in [4.69, 9.17) is 17.0 Å². The summed E-state index contributed by atoms with van der Waals surface area (Å²) >= 11 is 4.88. The summed E-state index contributed by atoms with van der Waals surface area (Å²) in [6, 6.07) is 6.97. The zero-order valence-corrected chi connectivity index (χ0v) is 13.8. The van der Waals surface area contributed by atoms with Gasteiger partial charge < -0.3 is 10.1 Å². The molecule has 0 saturated heterocycles. The predicted octanol–water partition coefficient (Wildman–Crippen LogP) is 0.974. The molecule has 3 N–H and O–H groups in total. The number of thiocarbonyl (C=S) groups is 1. The fourth-order valence-electron chi connectivity index (χ4n) is 1.56. The summed E-state index contributed by atoms with van der Waals surface area (Å²) in [7, 11) is 0. The van der Waals surface area contributed by atoms with Gasteiger partial charge in [0.25, 0.3) is 5.91 Å². The first kappa shape index (κ1) is 18.6. The standard InChI is InChI=1S/C15H19N3O4S/c1-3-22-13(20)9-8-12(19)16-15(23)18-17-14(21)11-6-4-10(2)5-7-11/h4-7H,3,8-9H2,1-2H3,(H,17,21)(H2,16,18,19,23). The Balaban J connectivity index is 2.30. The maximum absolute atomic E-state index is 11.8. The zero-order chi connectivity index (χ0) is 17.2. The van der Waals surface area contributed by atoms with Gasteiger partial charge in [0, 0.05) is 12.0 Å². The third-order valence-electron chi connectivity index (χ3n) is 2.72. The molecular weight excluding hydrogens is 318 g/mol. The largest absolute Gasteiger partial charge is 0.466 e. The van der Waals surface area contributed by atoms with Crippen LogP contribution < -0.4 is 16.2 Å². The van der Waals surface area contributed by atoms with Crippen LogP contribution in [0, 0.1) is 6.92 Å². The molecule has 7 nitrogen and oxygen atoms in total. The van der Waals surface area contributed by atoms with Crippen LogP contribution in [-0.2, 0) is 14.3 Å². The summed E-state index contributed by atoms with van der Waals surface area (Å²) < 4.78 is 4.71. The molecule has 0 atom stereocenters. The number of carbonyl (C=O) groups excluding carboxylic acids is 3. The number of aryl methyl sites for hydroxylation is 1. The summed E-state index contributed by atoms with van der Waals surface area (Å²) in [4.78, 5) is 34.5. The Morgan fingerprint density at radius 2 is 1.74 bits per heavy atom. The second-order valence-corrected chi connectivity index (χ2v) is 5.04. The van der Waals surface area contributed by atoms with Crippen LogP contribution in [0.3, 0.4) is 0 Å². The molecule has 0 fully saturated rings. The Labute approximate surface area is 139 Å². The fourth-order valence-corrected chi connectivity index (χ4v) is 1.72. The van der Waals surface area contributed by atoms with E-state index in [1.807, 2.05) is 19.1 Å². The minimum Gasteiger partial charge on any atom is -0.466 e. The third kappa shape index (κ3) is 7.37. The third-order valence-corrected chi connectivity index (χ3v) is 2.92. The van der Waals surface area contributed by atoms with E-state index >= 15 is 0 Å². The summed E-state index contributed by atoms with van der Waals surface area (Å²) in [6.07, 6.45) is -0.0788. The van der Waals surface area contributed by atoms with Crippen molar-refractivity contribution in [2.75, 3.05) is 6.61 Å². The fraction of sp³-hybridized carbons (Fsp3) is 0.333. The van der Waals surface area contributed by atoms with Gasteiger partial charge in [-0.15, -0.1) is 0 Å². The van der Waals surface area contributed by atoms with Crippen molar-refractivity contribution in [3.8, 4) is 0 Å². The number of rotatable bonds is 5. The highest BCUT2D eigenvalue weighted by atomic mass is 32.1. The van der Waals surface area contributed by atoms with Gasteiger partial charge in [-0.25, -0.2) is 0 Å². The highest BCUT2D eigenvalue weighted by Crippen LogP contribution is 2.02. The number of esters is 1. The number of carbonyl (C=O) groups is 3. The predicted molar refractivity (Wildman–Crippen MR) is 88.4 cm³/mol. The molecule has 1 rings (SSSR count). The van der Waals surface area contributed by atoms with Crippen LogP contribution in [0.5, 0.6) is 0 Å². The molecule has 0 aromatic heterocycles. The molecule has 0 aliphatic carbocycles. The molecule has 8 heteroatoms. The molecule has 1 aromatic rings. The Bertz CT molecular complexity index is 587. The van der Waals surface area contributed by atoms with Crippen molar-refractivity contribution in [2.24, 2.45) is 0 Å². The average Bonchev–Trinajstić information content (AvgIpc) is 2.51. The minimum atomic E-state index is -0.450. The van der Waals surface area contributed by atoms with E-state index in [9.17, 15) is 14.4 Å². The first-order valence-electron chi connectivity index (χ1n) is 7.04. The lowest BCUT2D eigenvalue weighted by Crippen LogP contribution is -2.48. The molecule has 23 heavy (non-hydrogen) atoms. The lowest BCUT2D eigenvalue weighted by molar-refractivity contribution is -0.144. The van der Waals surface area contributed by atoms with E-state index in [0.29, 0.717) is 5.56 Å². The monoisotopic (exact) mass is 337 g/mol. The molecule has 0 unspecified atom stereocenters. The number of hydrazine groups is 1. The van der Waals surface area contributed by atoms with Gasteiger partial charge in [-0.3, -0.25) is 25.2 Å². The number of hydrogen-bond acceptors (Lipinski definition) is 5. The van der Waals surface area contributed by atoms with Gasteiger partial charge in [-0.05, 0) is 38.2 Å². The molecule has 0 aliphatic rings. The Morgan fingerprint density at radius 3 is 2.35 bits per heavy atom. The molecule has 1 aromatic carbocycles. The van der Waals surface area contributed by atoms with Crippen molar-refractivity contribution < 1.29 is 19.1 Å². The van der Waals surface area contributed by atoms with Crippen LogP contribution in [-0.4, -0.2) is 29.5 Å². The summed E-state index contributed by atoms with van der Waals surface area (Å²) in [5.41, 5.74) is 6.29. The highest BCUT2D eigenvalue weighted by Gasteiger charge is 2.10. The van der Waals surface area contributed by atoms with Gasteiger partial charge in [0.1, 0.15) is 0 Å². The first-order chi connectivity index (χ1) is 10.9. The van der Waals surface area contributed by atoms with Crippen molar-refractivity contribution in [3.05, 3.63) is 35.4 Å². The van der Waals surface area contributed by atoms with Crippen LogP contribution in [0.4, 0.5) is 0 Å². The number of amides is 2. The molecule has 124 valence electrons. The van der Waals surface area contributed by atoms with Gasteiger partial charge in [0.05, 0.1) is 13.0 Å². The second kappa shape index (κ2) is 9.52. The van der Waals surface area contributed by atoms with Gasteiger partial charge in [-0.1, -0.05) is 17.7 Å². The SMILES string of the molecule is CCOC(=O)CCC(=O)NC(=S)NNC(=O)c1ccc(C)cc1. The molecule has 0 saturated carbocycles. The van der Waals surface area contributed by atoms with Crippen molar-refractivity contribution in [3.63, 3.8) is 0 Å². The number of ether oxygens (including phenoxy) is 1. The molecule has 2 amide bonds. The quantitative estimate of drug-likeness (QED) is 0.421. The van der Waals surface area contributed by atoms with Crippen molar-refractivity contribution in [1.82, 2.24) is 16.2 Å². The van der Waals surface area contributed by atoms with E-state index in [-0.39, 0.29) is 30.5 Å². The van der Waals surface area contributed by atoms with Gasteiger partial charge in [0.15, 0.2) is 5.11 Å². The number of nitrogens with one attached hydrogen (secondary N) is 3. The molecular formula is C15H19N3O4S. The van der Waals surface area contributed by atoms with Crippen molar-refractivity contribution >= 4 is 35.1 Å². The Kier molecular flexibility index (Phi) is 7.69. The van der Waals surface area contributed by atoms with Crippen molar-refractivity contribution in [2.45, 2.75) is 26.7 Å². The zero-order valence-electron chi connectivity index (χ0n) is 13.0.